The van der Waals surface area contributed by atoms with E-state index in [2.05, 4.69) is 0 Å². The Kier molecular flexibility index (Phi) is 3.82. The zero-order chi connectivity index (χ0) is 13.0. The predicted molar refractivity (Wildman–Crippen MR) is 51.1 cm³/mol. The number of carboxylic acid groups (broad SMARTS) is 3. The Labute approximate surface area is 96.1 Å². The number of rotatable bonds is 5. The van der Waals surface area contributed by atoms with Gasteiger partial charge in [0.05, 0.1) is 11.9 Å². The Hall–Kier alpha value is -2.37. The van der Waals surface area contributed by atoms with Crippen molar-refractivity contribution >= 4 is 17.9 Å². The molecule has 0 aliphatic rings. The number of carboxylic acids is 3. The fourth-order valence-electron chi connectivity index (χ4n) is 1.37. The third-order valence-electron chi connectivity index (χ3n) is 2.17. The van der Waals surface area contributed by atoms with E-state index >= 15 is 0 Å². The van der Waals surface area contributed by atoms with E-state index in [-0.39, 0.29) is 29.5 Å². The van der Waals surface area contributed by atoms with Gasteiger partial charge < -0.3 is 24.9 Å². The summed E-state index contributed by atoms with van der Waals surface area (Å²) in [5.41, 5.74) is -0.305. The van der Waals surface area contributed by atoms with Crippen molar-refractivity contribution in [2.75, 3.05) is 0 Å². The lowest BCUT2D eigenvalue weighted by molar-refractivity contribution is -0.256. The Balaban J connectivity index is 3.11. The average Bonchev–Trinajstić information content (AvgIpc) is 2.25. The number of aromatic carboxylic acids is 2. The first-order chi connectivity index (χ1) is 7.91. The SMILES string of the molecule is O=C(O)CCc1cc(C(=O)[O-])ccc1C(=O)[O-]. The largest absolute Gasteiger partial charge is 0.545 e. The molecule has 0 radical (unpaired) electrons. The molecule has 0 spiro atoms. The van der Waals surface area contributed by atoms with E-state index in [1.807, 2.05) is 0 Å². The third kappa shape index (κ3) is 3.30. The molecule has 0 fully saturated rings. The van der Waals surface area contributed by atoms with Crippen LogP contribution in [0.4, 0.5) is 0 Å². The van der Waals surface area contributed by atoms with Crippen molar-refractivity contribution in [1.29, 1.82) is 0 Å². The number of carbonyl (C=O) groups is 3. The molecule has 1 N–H and O–H groups in total. The van der Waals surface area contributed by atoms with Crippen LogP contribution in [0.3, 0.4) is 0 Å². The van der Waals surface area contributed by atoms with Crippen molar-refractivity contribution in [3.8, 4) is 0 Å². The summed E-state index contributed by atoms with van der Waals surface area (Å²) < 4.78 is 0. The smallest absolute Gasteiger partial charge is 0.303 e. The molecule has 0 heterocycles. The van der Waals surface area contributed by atoms with Crippen LogP contribution in [0.1, 0.15) is 32.7 Å². The summed E-state index contributed by atoms with van der Waals surface area (Å²) in [7, 11) is 0. The standard InChI is InChI=1S/C11H10O6/c12-9(13)4-2-6-5-7(10(14)15)1-3-8(6)11(16)17/h1,3,5H,2,4H2,(H,12,13)(H,14,15)(H,16,17)/p-2. The zero-order valence-corrected chi connectivity index (χ0v) is 8.63. The molecule has 1 aromatic rings. The average molecular weight is 236 g/mol. The molecule has 0 unspecified atom stereocenters. The van der Waals surface area contributed by atoms with Gasteiger partial charge in [0.2, 0.25) is 0 Å². The van der Waals surface area contributed by atoms with Crippen LogP contribution in [-0.2, 0) is 11.2 Å². The normalized spacial score (nSPS) is 9.88. The first-order valence-corrected chi connectivity index (χ1v) is 4.69. The molecule has 0 aliphatic carbocycles. The van der Waals surface area contributed by atoms with Crippen molar-refractivity contribution < 1.29 is 29.7 Å². The summed E-state index contributed by atoms with van der Waals surface area (Å²) in [6, 6.07) is 3.23. The number of benzene rings is 1. The van der Waals surface area contributed by atoms with Crippen molar-refractivity contribution in [1.82, 2.24) is 0 Å². The van der Waals surface area contributed by atoms with Crippen LogP contribution in [-0.4, -0.2) is 23.0 Å². The van der Waals surface area contributed by atoms with E-state index in [4.69, 9.17) is 5.11 Å². The minimum absolute atomic E-state index is 0.0836. The fourth-order valence-corrected chi connectivity index (χ4v) is 1.37. The van der Waals surface area contributed by atoms with Crippen LogP contribution in [0.25, 0.3) is 0 Å². The van der Waals surface area contributed by atoms with E-state index in [1.54, 1.807) is 0 Å². The summed E-state index contributed by atoms with van der Waals surface area (Å²) in [5, 5.41) is 29.8. The monoisotopic (exact) mass is 236 g/mol. The first kappa shape index (κ1) is 12.7. The van der Waals surface area contributed by atoms with Crippen LogP contribution in [0.2, 0.25) is 0 Å². The minimum atomic E-state index is -1.48. The maximum atomic E-state index is 10.7. The van der Waals surface area contributed by atoms with Crippen LogP contribution >= 0.6 is 0 Å². The van der Waals surface area contributed by atoms with Gasteiger partial charge in [-0.05, 0) is 23.6 Å². The number of carbonyl (C=O) groups excluding carboxylic acids is 2. The molecule has 1 rings (SSSR count). The van der Waals surface area contributed by atoms with E-state index in [0.29, 0.717) is 0 Å². The van der Waals surface area contributed by atoms with Gasteiger partial charge in [0, 0.05) is 12.0 Å². The Morgan fingerprint density at radius 3 is 2.24 bits per heavy atom. The van der Waals surface area contributed by atoms with Gasteiger partial charge in [0.25, 0.3) is 0 Å². The summed E-state index contributed by atoms with van der Waals surface area (Å²) in [6.07, 6.45) is -0.378. The second-order valence-electron chi connectivity index (χ2n) is 3.34. The Morgan fingerprint density at radius 2 is 1.76 bits per heavy atom. The van der Waals surface area contributed by atoms with Gasteiger partial charge in [-0.15, -0.1) is 0 Å². The van der Waals surface area contributed by atoms with E-state index < -0.39 is 17.9 Å². The highest BCUT2D eigenvalue weighted by Crippen LogP contribution is 2.13. The Bertz CT molecular complexity index is 477. The highest BCUT2D eigenvalue weighted by Gasteiger charge is 2.07. The maximum absolute atomic E-state index is 10.7. The summed E-state index contributed by atoms with van der Waals surface area (Å²) in [5.74, 6) is -4.03. The van der Waals surface area contributed by atoms with E-state index in [0.717, 1.165) is 18.2 Å². The molecule has 0 atom stereocenters. The molecule has 0 saturated heterocycles. The van der Waals surface area contributed by atoms with Gasteiger partial charge in [0.15, 0.2) is 0 Å². The topological polar surface area (TPSA) is 118 Å². The van der Waals surface area contributed by atoms with Gasteiger partial charge in [0.1, 0.15) is 0 Å². The molecule has 0 aromatic heterocycles. The minimum Gasteiger partial charge on any atom is -0.545 e. The van der Waals surface area contributed by atoms with Crippen LogP contribution in [0.5, 0.6) is 0 Å². The highest BCUT2D eigenvalue weighted by atomic mass is 16.4. The molecule has 0 amide bonds. The second-order valence-corrected chi connectivity index (χ2v) is 3.34. The lowest BCUT2D eigenvalue weighted by Gasteiger charge is -2.12. The third-order valence-corrected chi connectivity index (χ3v) is 2.17. The molecule has 0 saturated carbocycles. The van der Waals surface area contributed by atoms with Crippen molar-refractivity contribution in [2.24, 2.45) is 0 Å². The van der Waals surface area contributed by atoms with Crippen LogP contribution in [0, 0.1) is 0 Å². The number of hydrogen-bond donors (Lipinski definition) is 1. The van der Waals surface area contributed by atoms with Gasteiger partial charge in [-0.3, -0.25) is 4.79 Å². The number of aryl methyl sites for hydroxylation is 1. The van der Waals surface area contributed by atoms with Crippen molar-refractivity contribution in [3.63, 3.8) is 0 Å². The molecule has 6 nitrogen and oxygen atoms in total. The summed E-state index contributed by atoms with van der Waals surface area (Å²) >= 11 is 0. The van der Waals surface area contributed by atoms with Gasteiger partial charge in [-0.25, -0.2) is 0 Å². The van der Waals surface area contributed by atoms with Crippen LogP contribution < -0.4 is 10.2 Å². The zero-order valence-electron chi connectivity index (χ0n) is 8.63. The molecule has 90 valence electrons. The Morgan fingerprint density at radius 1 is 1.12 bits per heavy atom. The van der Waals surface area contributed by atoms with Crippen molar-refractivity contribution in [2.45, 2.75) is 12.8 Å². The molecular formula is C11H8O6-2. The van der Waals surface area contributed by atoms with E-state index in [9.17, 15) is 24.6 Å². The number of aliphatic carboxylic acids is 1. The lowest BCUT2D eigenvalue weighted by atomic mass is 10.00. The second kappa shape index (κ2) is 5.11. The molecule has 1 aromatic carbocycles. The summed E-state index contributed by atoms with van der Waals surface area (Å²) in [4.78, 5) is 31.7. The maximum Gasteiger partial charge on any atom is 0.303 e. The van der Waals surface area contributed by atoms with Gasteiger partial charge in [-0.2, -0.15) is 0 Å². The van der Waals surface area contributed by atoms with Gasteiger partial charge >= 0.3 is 5.97 Å². The summed E-state index contributed by atoms with van der Waals surface area (Å²) in [6.45, 7) is 0. The highest BCUT2D eigenvalue weighted by molar-refractivity contribution is 5.91. The molecular weight excluding hydrogens is 228 g/mol. The van der Waals surface area contributed by atoms with E-state index in [1.165, 1.54) is 0 Å². The van der Waals surface area contributed by atoms with Crippen molar-refractivity contribution in [3.05, 3.63) is 34.9 Å². The quantitative estimate of drug-likeness (QED) is 0.659. The van der Waals surface area contributed by atoms with Gasteiger partial charge in [-0.1, -0.05) is 12.1 Å². The van der Waals surface area contributed by atoms with Crippen LogP contribution in [0.15, 0.2) is 18.2 Å². The molecule has 0 aliphatic heterocycles. The first-order valence-electron chi connectivity index (χ1n) is 4.69. The number of hydrogen-bond acceptors (Lipinski definition) is 5. The molecule has 0 bridgehead atoms. The lowest BCUT2D eigenvalue weighted by Crippen LogP contribution is -2.26. The molecule has 17 heavy (non-hydrogen) atoms. The molecule has 6 heteroatoms. The predicted octanol–water partition coefficient (Wildman–Crippen LogP) is -1.57. The fraction of sp³-hybridized carbons (Fsp3) is 0.182.